The molecule has 0 saturated heterocycles. The number of nitrogens with one attached hydrogen (secondary N) is 3. The van der Waals surface area contributed by atoms with Gasteiger partial charge in [-0.05, 0) is 43.2 Å². The molecule has 1 atom stereocenters. The van der Waals surface area contributed by atoms with E-state index in [1.54, 1.807) is 18.6 Å². The summed E-state index contributed by atoms with van der Waals surface area (Å²) < 4.78 is 0. The summed E-state index contributed by atoms with van der Waals surface area (Å²) >= 11 is 0. The van der Waals surface area contributed by atoms with Crippen LogP contribution < -0.4 is 10.6 Å². The van der Waals surface area contributed by atoms with E-state index in [9.17, 15) is 4.79 Å². The average molecular weight is 387 g/mol. The van der Waals surface area contributed by atoms with Crippen molar-refractivity contribution in [3.8, 4) is 0 Å². The number of fused-ring (bicyclic) bond motifs is 1. The second kappa shape index (κ2) is 8.05. The molecule has 0 unspecified atom stereocenters. The first-order chi connectivity index (χ1) is 14.1. The van der Waals surface area contributed by atoms with E-state index < -0.39 is 0 Å². The van der Waals surface area contributed by atoms with Gasteiger partial charge in [0.25, 0.3) is 0 Å². The van der Waals surface area contributed by atoms with Gasteiger partial charge in [-0.1, -0.05) is 18.2 Å². The molecule has 4 rings (SSSR count). The fourth-order valence-corrected chi connectivity index (χ4v) is 2.96. The second-order valence-corrected chi connectivity index (χ2v) is 6.90. The number of aromatic nitrogens is 5. The molecule has 0 saturated carbocycles. The molecule has 0 aliphatic rings. The second-order valence-electron chi connectivity index (χ2n) is 6.90. The van der Waals surface area contributed by atoms with Crippen molar-refractivity contribution in [3.05, 3.63) is 71.8 Å². The molecule has 0 bridgehead atoms. The number of amides is 1. The quantitative estimate of drug-likeness (QED) is 0.468. The number of aromatic amines is 1. The number of carbonyl (C=O) groups excluding carboxylic acids is 1. The maximum Gasteiger partial charge on any atom is 0.230 e. The third-order valence-electron chi connectivity index (χ3n) is 4.51. The van der Waals surface area contributed by atoms with Gasteiger partial charge in [-0.15, -0.1) is 0 Å². The van der Waals surface area contributed by atoms with E-state index in [-0.39, 0.29) is 18.4 Å². The largest absolute Gasteiger partial charge is 0.362 e. The summed E-state index contributed by atoms with van der Waals surface area (Å²) in [7, 11) is 0. The number of nitrogens with zero attached hydrogens (tertiary/aromatic N) is 4. The first kappa shape index (κ1) is 18.5. The Morgan fingerprint density at radius 1 is 1.14 bits per heavy atom. The van der Waals surface area contributed by atoms with E-state index in [0.29, 0.717) is 11.5 Å². The van der Waals surface area contributed by atoms with Crippen LogP contribution in [-0.2, 0) is 11.2 Å². The number of hydrogen-bond donors (Lipinski definition) is 3. The van der Waals surface area contributed by atoms with Gasteiger partial charge >= 0.3 is 0 Å². The minimum absolute atomic E-state index is 0.0275. The molecular formula is C21H21N7O. The molecule has 0 aliphatic heterocycles. The number of rotatable bonds is 6. The Morgan fingerprint density at radius 3 is 2.86 bits per heavy atom. The number of hydrogen-bond acceptors (Lipinski definition) is 6. The van der Waals surface area contributed by atoms with Crippen LogP contribution in [0.25, 0.3) is 11.2 Å². The Bertz CT molecular complexity index is 1140. The highest BCUT2D eigenvalue weighted by Crippen LogP contribution is 2.21. The van der Waals surface area contributed by atoms with Crippen LogP contribution in [0.1, 0.15) is 29.8 Å². The Kier molecular flexibility index (Phi) is 5.15. The van der Waals surface area contributed by atoms with E-state index in [1.807, 2.05) is 50.2 Å². The Hall–Kier alpha value is -3.81. The smallest absolute Gasteiger partial charge is 0.230 e. The van der Waals surface area contributed by atoms with E-state index in [1.165, 1.54) is 0 Å². The van der Waals surface area contributed by atoms with Crippen molar-refractivity contribution in [1.82, 2.24) is 25.1 Å². The summed E-state index contributed by atoms with van der Waals surface area (Å²) in [6, 6.07) is 11.5. The highest BCUT2D eigenvalue weighted by atomic mass is 16.1. The Balaban J connectivity index is 1.41. The normalized spacial score (nSPS) is 11.9. The monoisotopic (exact) mass is 387 g/mol. The zero-order valence-corrected chi connectivity index (χ0v) is 16.2. The molecule has 8 heteroatoms. The standard InChI is InChI=1S/C21H21N7O/c1-13-6-7-16(22-10-13)9-20(29)26-17-5-3-4-15(8-17)14(2)25-19-12-23-18-11-24-28-21(18)27-19/h3-8,10-12,14H,9H2,1-2H3,(H,26,29)(H2,24,25,27,28)/t14-/m0/s1. The Labute approximate surface area is 167 Å². The molecule has 0 spiro atoms. The Morgan fingerprint density at radius 2 is 2.03 bits per heavy atom. The number of anilines is 2. The van der Waals surface area contributed by atoms with Crippen molar-refractivity contribution < 1.29 is 4.79 Å². The van der Waals surface area contributed by atoms with Gasteiger partial charge in [0.05, 0.1) is 24.9 Å². The van der Waals surface area contributed by atoms with Gasteiger partial charge in [-0.2, -0.15) is 5.10 Å². The number of carbonyl (C=O) groups is 1. The molecular weight excluding hydrogens is 366 g/mol. The summed E-state index contributed by atoms with van der Waals surface area (Å²) in [5.41, 5.74) is 4.92. The van der Waals surface area contributed by atoms with Gasteiger partial charge in [-0.25, -0.2) is 9.97 Å². The summed E-state index contributed by atoms with van der Waals surface area (Å²) in [6.07, 6.45) is 5.31. The van der Waals surface area contributed by atoms with Crippen molar-refractivity contribution in [2.24, 2.45) is 0 Å². The fourth-order valence-electron chi connectivity index (χ4n) is 2.96. The lowest BCUT2D eigenvalue weighted by Gasteiger charge is -2.16. The number of H-pyrrole nitrogens is 1. The van der Waals surface area contributed by atoms with Gasteiger partial charge in [0.1, 0.15) is 11.3 Å². The first-order valence-electron chi connectivity index (χ1n) is 9.31. The van der Waals surface area contributed by atoms with Gasteiger partial charge in [0.15, 0.2) is 5.65 Å². The summed E-state index contributed by atoms with van der Waals surface area (Å²) in [5.74, 6) is 0.545. The highest BCUT2D eigenvalue weighted by Gasteiger charge is 2.10. The predicted molar refractivity (Wildman–Crippen MR) is 111 cm³/mol. The maximum absolute atomic E-state index is 12.3. The molecule has 1 amide bonds. The molecule has 3 aromatic heterocycles. The molecule has 0 aliphatic carbocycles. The molecule has 4 aromatic rings. The number of pyridine rings is 1. The number of benzene rings is 1. The van der Waals surface area contributed by atoms with Crippen molar-refractivity contribution in [2.75, 3.05) is 10.6 Å². The minimum Gasteiger partial charge on any atom is -0.362 e. The molecule has 0 radical (unpaired) electrons. The van der Waals surface area contributed by atoms with E-state index in [2.05, 4.69) is 35.8 Å². The van der Waals surface area contributed by atoms with Crippen LogP contribution in [0.4, 0.5) is 11.5 Å². The molecule has 29 heavy (non-hydrogen) atoms. The van der Waals surface area contributed by atoms with Gasteiger partial charge in [0, 0.05) is 17.6 Å². The highest BCUT2D eigenvalue weighted by molar-refractivity contribution is 5.92. The third kappa shape index (κ3) is 4.55. The van der Waals surface area contributed by atoms with Crippen LogP contribution in [0.3, 0.4) is 0 Å². The van der Waals surface area contributed by atoms with Gasteiger partial charge in [-0.3, -0.25) is 14.9 Å². The van der Waals surface area contributed by atoms with E-state index >= 15 is 0 Å². The van der Waals surface area contributed by atoms with E-state index in [0.717, 1.165) is 28.0 Å². The average Bonchev–Trinajstić information content (AvgIpc) is 3.18. The van der Waals surface area contributed by atoms with Crippen molar-refractivity contribution >= 4 is 28.6 Å². The van der Waals surface area contributed by atoms with Crippen LogP contribution in [-0.4, -0.2) is 31.1 Å². The lowest BCUT2D eigenvalue weighted by molar-refractivity contribution is -0.115. The van der Waals surface area contributed by atoms with Crippen molar-refractivity contribution in [3.63, 3.8) is 0 Å². The van der Waals surface area contributed by atoms with Gasteiger partial charge < -0.3 is 10.6 Å². The van der Waals surface area contributed by atoms with Crippen LogP contribution in [0.2, 0.25) is 0 Å². The summed E-state index contributed by atoms with van der Waals surface area (Å²) in [4.78, 5) is 25.4. The van der Waals surface area contributed by atoms with Crippen molar-refractivity contribution in [2.45, 2.75) is 26.3 Å². The first-order valence-corrected chi connectivity index (χ1v) is 9.31. The molecule has 3 N–H and O–H groups in total. The third-order valence-corrected chi connectivity index (χ3v) is 4.51. The SMILES string of the molecule is Cc1ccc(CC(=O)Nc2cccc([C@H](C)Nc3cnc4cn[nH]c4n3)c2)nc1. The van der Waals surface area contributed by atoms with Crippen LogP contribution >= 0.6 is 0 Å². The molecule has 146 valence electrons. The van der Waals surface area contributed by atoms with Crippen LogP contribution in [0.15, 0.2) is 55.0 Å². The molecule has 3 heterocycles. The van der Waals surface area contributed by atoms with Crippen molar-refractivity contribution in [1.29, 1.82) is 0 Å². The number of aryl methyl sites for hydroxylation is 1. The lowest BCUT2D eigenvalue weighted by Crippen LogP contribution is -2.15. The predicted octanol–water partition coefficient (Wildman–Crippen LogP) is 3.41. The van der Waals surface area contributed by atoms with Gasteiger partial charge in [0.2, 0.25) is 5.91 Å². The van der Waals surface area contributed by atoms with E-state index in [4.69, 9.17) is 0 Å². The fraction of sp³-hybridized carbons (Fsp3) is 0.190. The maximum atomic E-state index is 12.3. The summed E-state index contributed by atoms with van der Waals surface area (Å²) in [5, 5.41) is 13.0. The zero-order valence-electron chi connectivity index (χ0n) is 16.2. The molecule has 0 fully saturated rings. The minimum atomic E-state index is -0.102. The summed E-state index contributed by atoms with van der Waals surface area (Å²) in [6.45, 7) is 3.99. The molecule has 1 aromatic carbocycles. The molecule has 8 nitrogen and oxygen atoms in total. The van der Waals surface area contributed by atoms with Crippen LogP contribution in [0, 0.1) is 6.92 Å². The zero-order chi connectivity index (χ0) is 20.2. The lowest BCUT2D eigenvalue weighted by atomic mass is 10.1. The van der Waals surface area contributed by atoms with Crippen LogP contribution in [0.5, 0.6) is 0 Å². The topological polar surface area (TPSA) is 108 Å².